The van der Waals surface area contributed by atoms with Crippen LogP contribution in [0.5, 0.6) is 5.75 Å². The number of halogens is 1. The zero-order chi connectivity index (χ0) is 24.9. The number of ether oxygens (including phenoxy) is 1. The van der Waals surface area contributed by atoms with Crippen molar-refractivity contribution in [2.45, 2.75) is 122 Å². The standard InChI is InChI=1S/C32H48FNO/c1-4-7-9-14-23-35-28-18-19-29(30(33)24-28)31-20-17-27(25-34-31)32(21-12-10-13-22-32)26(15-6-3)16-11-8-5-2/h17-20,24-26H,4-16,21-23H2,1-3H3. The molecule has 3 heteroatoms. The molecule has 1 atom stereocenters. The maximum Gasteiger partial charge on any atom is 0.136 e. The Morgan fingerprint density at radius 3 is 2.29 bits per heavy atom. The molecule has 1 saturated carbocycles. The molecule has 1 aliphatic rings. The van der Waals surface area contributed by atoms with E-state index in [0.29, 0.717) is 23.6 Å². The minimum atomic E-state index is -0.257. The second-order valence-electron chi connectivity index (χ2n) is 10.7. The highest BCUT2D eigenvalue weighted by molar-refractivity contribution is 5.61. The third kappa shape index (κ3) is 7.54. The van der Waals surface area contributed by atoms with E-state index >= 15 is 0 Å². The molecule has 1 heterocycles. The monoisotopic (exact) mass is 481 g/mol. The van der Waals surface area contributed by atoms with E-state index in [1.54, 1.807) is 0 Å². The molecule has 0 saturated heterocycles. The molecule has 3 rings (SSSR count). The topological polar surface area (TPSA) is 22.1 Å². The normalized spacial score (nSPS) is 16.2. The molecule has 0 radical (unpaired) electrons. The molecule has 0 amide bonds. The number of hydrogen-bond donors (Lipinski definition) is 0. The summed E-state index contributed by atoms with van der Waals surface area (Å²) in [5.41, 5.74) is 2.88. The van der Waals surface area contributed by atoms with Gasteiger partial charge in [-0.25, -0.2) is 4.39 Å². The first-order valence-electron chi connectivity index (χ1n) is 14.5. The van der Waals surface area contributed by atoms with E-state index in [1.165, 1.54) is 95.1 Å². The Bertz CT molecular complexity index is 856. The summed E-state index contributed by atoms with van der Waals surface area (Å²) in [6.07, 6.45) is 20.9. The van der Waals surface area contributed by atoms with Gasteiger partial charge in [-0.3, -0.25) is 4.98 Å². The highest BCUT2D eigenvalue weighted by atomic mass is 19.1. The molecule has 194 valence electrons. The highest BCUT2D eigenvalue weighted by Crippen LogP contribution is 2.48. The van der Waals surface area contributed by atoms with E-state index < -0.39 is 0 Å². The number of nitrogens with zero attached hydrogens (tertiary/aromatic N) is 1. The number of hydrogen-bond acceptors (Lipinski definition) is 2. The SMILES string of the molecule is CCCCCCOc1ccc(-c2ccc(C3(C(CCC)CCCCC)CCCCC3)cn2)c(F)c1. The lowest BCUT2D eigenvalue weighted by Crippen LogP contribution is -2.37. The zero-order valence-corrected chi connectivity index (χ0v) is 22.6. The minimum absolute atomic E-state index is 0.238. The summed E-state index contributed by atoms with van der Waals surface area (Å²) < 4.78 is 20.7. The second kappa shape index (κ2) is 14.6. The van der Waals surface area contributed by atoms with Gasteiger partial charge in [0.15, 0.2) is 0 Å². The van der Waals surface area contributed by atoms with Gasteiger partial charge in [0, 0.05) is 17.8 Å². The lowest BCUT2D eigenvalue weighted by atomic mass is 9.60. The van der Waals surface area contributed by atoms with Gasteiger partial charge in [0.1, 0.15) is 11.6 Å². The first-order chi connectivity index (χ1) is 17.1. The van der Waals surface area contributed by atoms with E-state index in [4.69, 9.17) is 9.72 Å². The minimum Gasteiger partial charge on any atom is -0.493 e. The molecule has 1 unspecified atom stereocenters. The Kier molecular flexibility index (Phi) is 11.6. The van der Waals surface area contributed by atoms with Crippen LogP contribution in [0.15, 0.2) is 36.5 Å². The maximum atomic E-state index is 15.0. The first-order valence-corrected chi connectivity index (χ1v) is 14.5. The number of aromatic nitrogens is 1. The van der Waals surface area contributed by atoms with Gasteiger partial charge in [-0.1, -0.05) is 91.0 Å². The van der Waals surface area contributed by atoms with Crippen LogP contribution in [0, 0.1) is 11.7 Å². The van der Waals surface area contributed by atoms with Crippen LogP contribution < -0.4 is 4.74 Å². The summed E-state index contributed by atoms with van der Waals surface area (Å²) in [4.78, 5) is 4.81. The molecule has 1 aromatic heterocycles. The molecule has 0 N–H and O–H groups in total. The summed E-state index contributed by atoms with van der Waals surface area (Å²) in [7, 11) is 0. The third-order valence-corrected chi connectivity index (χ3v) is 8.14. The lowest BCUT2D eigenvalue weighted by Gasteiger charge is -2.44. The molecule has 1 fully saturated rings. The molecular formula is C32H48FNO. The molecule has 2 aromatic rings. The Hall–Kier alpha value is -1.90. The Labute approximate surface area is 214 Å². The van der Waals surface area contributed by atoms with Gasteiger partial charge in [0.25, 0.3) is 0 Å². The molecule has 0 aliphatic heterocycles. The van der Waals surface area contributed by atoms with Gasteiger partial charge >= 0.3 is 0 Å². The van der Waals surface area contributed by atoms with Crippen LogP contribution >= 0.6 is 0 Å². The van der Waals surface area contributed by atoms with E-state index in [1.807, 2.05) is 18.2 Å². The number of pyridine rings is 1. The number of benzene rings is 1. The quantitative estimate of drug-likeness (QED) is 0.236. The Morgan fingerprint density at radius 1 is 0.857 bits per heavy atom. The second-order valence-corrected chi connectivity index (χ2v) is 10.7. The fraction of sp³-hybridized carbons (Fsp3) is 0.656. The van der Waals surface area contributed by atoms with Crippen LogP contribution in [-0.4, -0.2) is 11.6 Å². The van der Waals surface area contributed by atoms with Gasteiger partial charge in [-0.05, 0) is 67.2 Å². The van der Waals surface area contributed by atoms with Gasteiger partial charge < -0.3 is 4.74 Å². The first kappa shape index (κ1) is 27.7. The molecule has 1 aromatic carbocycles. The summed E-state index contributed by atoms with van der Waals surface area (Å²) in [6, 6.07) is 9.51. The van der Waals surface area contributed by atoms with Gasteiger partial charge in [-0.15, -0.1) is 0 Å². The van der Waals surface area contributed by atoms with Crippen molar-refractivity contribution in [2.75, 3.05) is 6.61 Å². The van der Waals surface area contributed by atoms with Crippen LogP contribution in [0.2, 0.25) is 0 Å². The largest absolute Gasteiger partial charge is 0.493 e. The van der Waals surface area contributed by atoms with E-state index in [-0.39, 0.29) is 11.2 Å². The van der Waals surface area contributed by atoms with Crippen molar-refractivity contribution in [2.24, 2.45) is 5.92 Å². The Balaban J connectivity index is 1.76. The predicted octanol–water partition coefficient (Wildman–Crippen LogP) is 10.0. The van der Waals surface area contributed by atoms with Crippen molar-refractivity contribution in [1.29, 1.82) is 0 Å². The number of rotatable bonds is 15. The summed E-state index contributed by atoms with van der Waals surface area (Å²) in [5.74, 6) is 1.07. The fourth-order valence-corrected chi connectivity index (χ4v) is 6.16. The van der Waals surface area contributed by atoms with Crippen molar-refractivity contribution >= 4 is 0 Å². The van der Waals surface area contributed by atoms with Crippen LogP contribution in [-0.2, 0) is 5.41 Å². The molecular weight excluding hydrogens is 433 g/mol. The van der Waals surface area contributed by atoms with Crippen molar-refractivity contribution in [3.63, 3.8) is 0 Å². The summed E-state index contributed by atoms with van der Waals surface area (Å²) in [6.45, 7) is 7.46. The predicted molar refractivity (Wildman–Crippen MR) is 147 cm³/mol. The highest BCUT2D eigenvalue weighted by Gasteiger charge is 2.40. The van der Waals surface area contributed by atoms with Crippen LogP contribution in [0.3, 0.4) is 0 Å². The van der Waals surface area contributed by atoms with Crippen LogP contribution in [0.1, 0.15) is 123 Å². The maximum absolute atomic E-state index is 15.0. The molecule has 0 spiro atoms. The van der Waals surface area contributed by atoms with E-state index in [9.17, 15) is 4.39 Å². The Morgan fingerprint density at radius 2 is 1.63 bits per heavy atom. The van der Waals surface area contributed by atoms with E-state index in [0.717, 1.165) is 18.8 Å². The zero-order valence-electron chi connectivity index (χ0n) is 22.6. The smallest absolute Gasteiger partial charge is 0.136 e. The van der Waals surface area contributed by atoms with Gasteiger partial charge in [0.2, 0.25) is 0 Å². The van der Waals surface area contributed by atoms with Crippen molar-refractivity contribution in [3.8, 4) is 17.0 Å². The molecule has 35 heavy (non-hydrogen) atoms. The molecule has 1 aliphatic carbocycles. The fourth-order valence-electron chi connectivity index (χ4n) is 6.16. The number of unbranched alkanes of at least 4 members (excludes halogenated alkanes) is 5. The van der Waals surface area contributed by atoms with Crippen molar-refractivity contribution in [3.05, 3.63) is 47.9 Å². The average Bonchev–Trinajstić information content (AvgIpc) is 2.89. The molecule has 0 bridgehead atoms. The van der Waals surface area contributed by atoms with Crippen LogP contribution in [0.4, 0.5) is 4.39 Å². The third-order valence-electron chi connectivity index (χ3n) is 8.14. The van der Waals surface area contributed by atoms with Crippen molar-refractivity contribution < 1.29 is 9.13 Å². The lowest BCUT2D eigenvalue weighted by molar-refractivity contribution is 0.165. The van der Waals surface area contributed by atoms with Gasteiger partial charge in [-0.2, -0.15) is 0 Å². The van der Waals surface area contributed by atoms with Gasteiger partial charge in [0.05, 0.1) is 12.3 Å². The summed E-state index contributed by atoms with van der Waals surface area (Å²) >= 11 is 0. The van der Waals surface area contributed by atoms with Crippen LogP contribution in [0.25, 0.3) is 11.3 Å². The summed E-state index contributed by atoms with van der Waals surface area (Å²) in [5, 5.41) is 0. The van der Waals surface area contributed by atoms with E-state index in [2.05, 4.69) is 33.0 Å². The molecule has 2 nitrogen and oxygen atoms in total. The average molecular weight is 482 g/mol. The van der Waals surface area contributed by atoms with Crippen molar-refractivity contribution in [1.82, 2.24) is 4.98 Å².